The maximum Gasteiger partial charge on any atom is 0.328 e. The molecule has 0 aliphatic rings. The van der Waals surface area contributed by atoms with Crippen molar-refractivity contribution in [1.29, 1.82) is 0 Å². The van der Waals surface area contributed by atoms with Crippen molar-refractivity contribution in [3.63, 3.8) is 0 Å². The molecule has 9 nitrogen and oxygen atoms in total. The second kappa shape index (κ2) is 6.26. The van der Waals surface area contributed by atoms with Crippen LogP contribution in [0, 0.1) is 0 Å². The maximum atomic E-state index is 10.5. The second-order valence-corrected chi connectivity index (χ2v) is 4.89. The van der Waals surface area contributed by atoms with Crippen LogP contribution in [0.2, 0.25) is 0 Å². The summed E-state index contributed by atoms with van der Waals surface area (Å²) in [5.41, 5.74) is 0. The van der Waals surface area contributed by atoms with Crippen LogP contribution < -0.4 is 0 Å². The number of aliphatic hydroxyl groups is 3. The zero-order chi connectivity index (χ0) is 12.9. The lowest BCUT2D eigenvalue weighted by Gasteiger charge is -2.24. The minimum atomic E-state index is -4.52. The van der Waals surface area contributed by atoms with Crippen molar-refractivity contribution in [1.82, 2.24) is 5.06 Å². The highest BCUT2D eigenvalue weighted by molar-refractivity contribution is 7.51. The van der Waals surface area contributed by atoms with E-state index in [0.29, 0.717) is 0 Å². The van der Waals surface area contributed by atoms with Gasteiger partial charge in [-0.3, -0.25) is 14.6 Å². The number of nitrogens with zero attached hydrogens (tertiary/aromatic N) is 1. The first kappa shape index (κ1) is 15.5. The molecule has 0 saturated carbocycles. The van der Waals surface area contributed by atoms with Crippen molar-refractivity contribution in [2.45, 2.75) is 18.3 Å². The first-order valence-corrected chi connectivity index (χ1v) is 5.96. The summed E-state index contributed by atoms with van der Waals surface area (Å²) < 4.78 is 10.5. The quantitative estimate of drug-likeness (QED) is 0.123. The predicted octanol–water partition coefficient (Wildman–Crippen LogP) is -2.91. The summed E-state index contributed by atoms with van der Waals surface area (Å²) in [6, 6.07) is 0. The number of carbonyl (C=O) groups is 1. The van der Waals surface area contributed by atoms with Gasteiger partial charge in [0.25, 0.3) is 0 Å². The number of amides is 1. The van der Waals surface area contributed by atoms with Gasteiger partial charge in [-0.05, 0) is 0 Å². The smallest absolute Gasteiger partial charge is 0.328 e. The number of aliphatic hydroxyl groups excluding tert-OH is 3. The molecule has 0 saturated heterocycles. The fourth-order valence-electron chi connectivity index (χ4n) is 0.951. The lowest BCUT2D eigenvalue weighted by atomic mass is 10.1. The zero-order valence-electron chi connectivity index (χ0n) is 8.12. The van der Waals surface area contributed by atoms with Crippen molar-refractivity contribution < 1.29 is 39.7 Å². The molecule has 0 aliphatic carbocycles. The average Bonchev–Trinajstić information content (AvgIpc) is 2.13. The summed E-state index contributed by atoms with van der Waals surface area (Å²) in [5, 5.41) is 36.2. The minimum absolute atomic E-state index is 0.0259. The molecular formula is C6H14NO8P. The molecule has 0 rings (SSSR count). The number of hydroxylamine groups is 2. The lowest BCUT2D eigenvalue weighted by molar-refractivity contribution is -0.162. The highest BCUT2D eigenvalue weighted by Crippen LogP contribution is 2.35. The molecule has 0 fully saturated rings. The standard InChI is InChI=1S/C6H14NO8P/c8-3-7(12)1-4(9)6(11)5(10)2-16(13,14)15/h3-6,9-12H,1-2H2,(H2,13,14,15)/t4-,5+,6-/m0/s1. The van der Waals surface area contributed by atoms with Crippen LogP contribution in [0.15, 0.2) is 0 Å². The van der Waals surface area contributed by atoms with E-state index in [0.717, 1.165) is 0 Å². The van der Waals surface area contributed by atoms with E-state index in [9.17, 15) is 14.5 Å². The van der Waals surface area contributed by atoms with Gasteiger partial charge in [0.1, 0.15) is 12.2 Å². The summed E-state index contributed by atoms with van der Waals surface area (Å²) in [5.74, 6) is 0. The van der Waals surface area contributed by atoms with Crippen LogP contribution in [-0.2, 0) is 9.36 Å². The average molecular weight is 259 g/mol. The molecule has 0 unspecified atom stereocenters. The third-order valence-corrected chi connectivity index (χ3v) is 2.56. The van der Waals surface area contributed by atoms with Crippen molar-refractivity contribution in [3.8, 4) is 0 Å². The van der Waals surface area contributed by atoms with Crippen LogP contribution in [0.4, 0.5) is 0 Å². The third kappa shape index (κ3) is 6.13. The van der Waals surface area contributed by atoms with Gasteiger partial charge in [0.05, 0.1) is 18.8 Å². The molecule has 0 bridgehead atoms. The third-order valence-electron chi connectivity index (χ3n) is 1.71. The summed E-state index contributed by atoms with van der Waals surface area (Å²) in [4.78, 5) is 26.9. The first-order valence-electron chi connectivity index (χ1n) is 4.17. The second-order valence-electron chi connectivity index (χ2n) is 3.20. The highest BCUT2D eigenvalue weighted by atomic mass is 31.2. The van der Waals surface area contributed by atoms with Gasteiger partial charge in [-0.2, -0.15) is 0 Å². The molecule has 16 heavy (non-hydrogen) atoms. The Labute approximate surface area is 90.7 Å². The lowest BCUT2D eigenvalue weighted by Crippen LogP contribution is -2.44. The van der Waals surface area contributed by atoms with E-state index in [-0.39, 0.29) is 11.5 Å². The van der Waals surface area contributed by atoms with Crippen LogP contribution in [-0.4, -0.2) is 72.8 Å². The predicted molar refractivity (Wildman–Crippen MR) is 49.5 cm³/mol. The number of hydrogen-bond acceptors (Lipinski definition) is 6. The topological polar surface area (TPSA) is 159 Å². The van der Waals surface area contributed by atoms with E-state index in [1.54, 1.807) is 0 Å². The normalized spacial score (nSPS) is 17.6. The maximum absolute atomic E-state index is 10.5. The minimum Gasteiger partial charge on any atom is -0.390 e. The van der Waals surface area contributed by atoms with Crippen molar-refractivity contribution >= 4 is 14.0 Å². The number of carbonyl (C=O) groups excluding carboxylic acids is 1. The van der Waals surface area contributed by atoms with Gasteiger partial charge in [-0.15, -0.1) is 0 Å². The van der Waals surface area contributed by atoms with E-state index in [1.165, 1.54) is 0 Å². The SMILES string of the molecule is O=CN(O)C[C@H](O)[C@H](O)[C@H](O)CP(=O)(O)O. The van der Waals surface area contributed by atoms with E-state index in [4.69, 9.17) is 25.2 Å². The van der Waals surface area contributed by atoms with Gasteiger partial charge in [0.15, 0.2) is 0 Å². The molecule has 1 amide bonds. The van der Waals surface area contributed by atoms with Gasteiger partial charge >= 0.3 is 7.60 Å². The Kier molecular flexibility index (Phi) is 6.05. The summed E-state index contributed by atoms with van der Waals surface area (Å²) in [6.45, 7) is -0.692. The van der Waals surface area contributed by atoms with E-state index in [1.807, 2.05) is 0 Å². The van der Waals surface area contributed by atoms with Gasteiger partial charge in [-0.1, -0.05) is 0 Å². The van der Waals surface area contributed by atoms with Crippen LogP contribution in [0.5, 0.6) is 0 Å². The molecular weight excluding hydrogens is 245 g/mol. The Balaban J connectivity index is 4.26. The van der Waals surface area contributed by atoms with Gasteiger partial charge < -0.3 is 25.1 Å². The summed E-state index contributed by atoms with van der Waals surface area (Å²) in [7, 11) is -4.52. The Morgan fingerprint density at radius 2 is 1.69 bits per heavy atom. The highest BCUT2D eigenvalue weighted by Gasteiger charge is 2.31. The van der Waals surface area contributed by atoms with E-state index < -0.39 is 38.6 Å². The van der Waals surface area contributed by atoms with Crippen LogP contribution >= 0.6 is 7.60 Å². The van der Waals surface area contributed by atoms with Crippen LogP contribution in [0.1, 0.15) is 0 Å². The molecule has 0 aliphatic heterocycles. The molecule has 0 heterocycles. The van der Waals surface area contributed by atoms with Gasteiger partial charge in [0, 0.05) is 0 Å². The van der Waals surface area contributed by atoms with Crippen LogP contribution in [0.3, 0.4) is 0 Å². The molecule has 0 radical (unpaired) electrons. The van der Waals surface area contributed by atoms with Crippen molar-refractivity contribution in [2.75, 3.05) is 12.7 Å². The van der Waals surface area contributed by atoms with Crippen LogP contribution in [0.25, 0.3) is 0 Å². The molecule has 3 atom stereocenters. The zero-order valence-corrected chi connectivity index (χ0v) is 9.01. The molecule has 6 N–H and O–H groups in total. The summed E-state index contributed by atoms with van der Waals surface area (Å²) >= 11 is 0. The molecule has 0 aromatic rings. The molecule has 0 spiro atoms. The number of hydrogen-bond donors (Lipinski definition) is 6. The fourth-order valence-corrected chi connectivity index (χ4v) is 1.65. The Bertz CT molecular complexity index is 267. The Hall–Kier alpha value is -0.540. The number of rotatable bonds is 7. The summed E-state index contributed by atoms with van der Waals surface area (Å²) in [6.07, 6.45) is -6.54. The Morgan fingerprint density at radius 1 is 1.19 bits per heavy atom. The Morgan fingerprint density at radius 3 is 2.06 bits per heavy atom. The van der Waals surface area contributed by atoms with Crippen molar-refractivity contribution in [2.24, 2.45) is 0 Å². The molecule has 0 aromatic carbocycles. The molecule has 10 heteroatoms. The molecule has 0 aromatic heterocycles. The van der Waals surface area contributed by atoms with Gasteiger partial charge in [0.2, 0.25) is 6.41 Å². The fraction of sp³-hybridized carbons (Fsp3) is 0.833. The van der Waals surface area contributed by atoms with Crippen molar-refractivity contribution in [3.05, 3.63) is 0 Å². The van der Waals surface area contributed by atoms with Gasteiger partial charge in [-0.25, -0.2) is 5.06 Å². The molecule has 96 valence electrons. The van der Waals surface area contributed by atoms with E-state index in [2.05, 4.69) is 0 Å². The first-order chi connectivity index (χ1) is 7.17. The largest absolute Gasteiger partial charge is 0.390 e. The van der Waals surface area contributed by atoms with E-state index >= 15 is 0 Å². The monoisotopic (exact) mass is 259 g/mol.